The highest BCUT2D eigenvalue weighted by molar-refractivity contribution is 5.91. The minimum Gasteiger partial charge on any atom is -0.395 e. The Morgan fingerprint density at radius 1 is 1.65 bits per heavy atom. The van der Waals surface area contributed by atoms with Crippen molar-refractivity contribution in [2.24, 2.45) is 0 Å². The number of morpholine rings is 1. The molecule has 1 fully saturated rings. The number of aliphatic hydroxyl groups excluding tert-OH is 1. The van der Waals surface area contributed by atoms with E-state index in [4.69, 9.17) is 9.26 Å². The summed E-state index contributed by atoms with van der Waals surface area (Å²) in [5.41, 5.74) is 0.805. The first-order valence-electron chi connectivity index (χ1n) is 6.79. The lowest BCUT2D eigenvalue weighted by Gasteiger charge is -2.33. The number of hydrogen-bond acceptors (Lipinski definition) is 6. The summed E-state index contributed by atoms with van der Waals surface area (Å²) in [5.74, 6) is 0.423. The van der Waals surface area contributed by atoms with Crippen molar-refractivity contribution >= 4 is 11.8 Å². The van der Waals surface area contributed by atoms with Gasteiger partial charge in [0.05, 0.1) is 38.1 Å². The van der Waals surface area contributed by atoms with Crippen molar-refractivity contribution in [1.29, 1.82) is 0 Å². The summed E-state index contributed by atoms with van der Waals surface area (Å²) in [4.78, 5) is 13.9. The van der Waals surface area contributed by atoms with Crippen LogP contribution in [0.1, 0.15) is 25.5 Å². The van der Waals surface area contributed by atoms with E-state index in [-0.39, 0.29) is 31.0 Å². The van der Waals surface area contributed by atoms with Crippen LogP contribution in [0.3, 0.4) is 0 Å². The number of nitrogens with zero attached hydrogens (tertiary/aromatic N) is 2. The van der Waals surface area contributed by atoms with Crippen LogP contribution < -0.4 is 5.32 Å². The zero-order valence-corrected chi connectivity index (χ0v) is 11.8. The smallest absolute Gasteiger partial charge is 0.240 e. The maximum atomic E-state index is 12.0. The van der Waals surface area contributed by atoms with Gasteiger partial charge in [0.2, 0.25) is 11.8 Å². The normalized spacial score (nSPS) is 20.3. The second-order valence-corrected chi connectivity index (χ2v) is 5.20. The van der Waals surface area contributed by atoms with E-state index in [1.165, 1.54) is 0 Å². The van der Waals surface area contributed by atoms with Gasteiger partial charge in [0.15, 0.2) is 0 Å². The Morgan fingerprint density at radius 2 is 2.45 bits per heavy atom. The van der Waals surface area contributed by atoms with Crippen molar-refractivity contribution in [3.8, 4) is 0 Å². The number of aromatic nitrogens is 1. The third-order valence-corrected chi connectivity index (χ3v) is 3.29. The lowest BCUT2D eigenvalue weighted by atomic mass is 10.1. The highest BCUT2D eigenvalue weighted by Gasteiger charge is 2.24. The molecule has 7 heteroatoms. The highest BCUT2D eigenvalue weighted by Crippen LogP contribution is 2.17. The third-order valence-electron chi connectivity index (χ3n) is 3.29. The molecule has 0 radical (unpaired) electrons. The van der Waals surface area contributed by atoms with Gasteiger partial charge in [-0.1, -0.05) is 19.0 Å². The summed E-state index contributed by atoms with van der Waals surface area (Å²) < 4.78 is 10.3. The molecule has 0 aromatic carbocycles. The van der Waals surface area contributed by atoms with Crippen molar-refractivity contribution in [2.45, 2.75) is 25.8 Å². The quantitative estimate of drug-likeness (QED) is 0.815. The second kappa shape index (κ2) is 6.83. The van der Waals surface area contributed by atoms with Crippen LogP contribution in [0.25, 0.3) is 0 Å². The topological polar surface area (TPSA) is 87.8 Å². The molecule has 2 rings (SSSR count). The number of aliphatic hydroxyl groups is 1. The molecule has 1 amide bonds. The number of hydrogen-bond donors (Lipinski definition) is 2. The van der Waals surface area contributed by atoms with E-state index in [0.717, 1.165) is 5.69 Å². The minimum atomic E-state index is -0.184. The predicted molar refractivity (Wildman–Crippen MR) is 72.5 cm³/mol. The van der Waals surface area contributed by atoms with Gasteiger partial charge in [0, 0.05) is 12.6 Å². The molecule has 1 aromatic heterocycles. The fraction of sp³-hybridized carbons (Fsp3) is 0.692. The first-order chi connectivity index (χ1) is 9.60. The average molecular weight is 283 g/mol. The summed E-state index contributed by atoms with van der Waals surface area (Å²) >= 11 is 0. The molecule has 1 atom stereocenters. The molecule has 0 bridgehead atoms. The molecule has 112 valence electrons. The van der Waals surface area contributed by atoms with Gasteiger partial charge in [-0.05, 0) is 5.92 Å². The molecule has 1 aliphatic rings. The second-order valence-electron chi connectivity index (χ2n) is 5.20. The fourth-order valence-electron chi connectivity index (χ4n) is 2.05. The van der Waals surface area contributed by atoms with Crippen molar-refractivity contribution in [3.63, 3.8) is 0 Å². The van der Waals surface area contributed by atoms with Gasteiger partial charge in [0.25, 0.3) is 0 Å². The van der Waals surface area contributed by atoms with E-state index >= 15 is 0 Å². The SMILES string of the molecule is CC(C)c1cc(NC(=O)CN2CCOCC2CO)on1. The highest BCUT2D eigenvalue weighted by atomic mass is 16.5. The predicted octanol–water partition coefficient (Wildman–Crippen LogP) is 0.430. The molecule has 0 saturated carbocycles. The molecule has 20 heavy (non-hydrogen) atoms. The Labute approximate surface area is 117 Å². The molecule has 1 aromatic rings. The number of carbonyl (C=O) groups excluding carboxylic acids is 1. The van der Waals surface area contributed by atoms with Crippen LogP contribution in [-0.2, 0) is 9.53 Å². The van der Waals surface area contributed by atoms with Crippen molar-refractivity contribution in [2.75, 3.05) is 38.2 Å². The van der Waals surface area contributed by atoms with Crippen LogP contribution in [-0.4, -0.2) is 60.0 Å². The maximum absolute atomic E-state index is 12.0. The van der Waals surface area contributed by atoms with Crippen LogP contribution in [0.4, 0.5) is 5.88 Å². The van der Waals surface area contributed by atoms with Crippen LogP contribution >= 0.6 is 0 Å². The first-order valence-corrected chi connectivity index (χ1v) is 6.79. The molecular formula is C13H21N3O4. The number of amides is 1. The molecule has 1 saturated heterocycles. The lowest BCUT2D eigenvalue weighted by Crippen LogP contribution is -2.50. The Bertz CT molecular complexity index is 447. The van der Waals surface area contributed by atoms with Gasteiger partial charge in [-0.25, -0.2) is 0 Å². The summed E-state index contributed by atoms with van der Waals surface area (Å²) in [7, 11) is 0. The van der Waals surface area contributed by atoms with Crippen molar-refractivity contribution in [1.82, 2.24) is 10.1 Å². The third kappa shape index (κ3) is 3.78. The van der Waals surface area contributed by atoms with Gasteiger partial charge >= 0.3 is 0 Å². The van der Waals surface area contributed by atoms with Gasteiger partial charge in [-0.2, -0.15) is 0 Å². The Kier molecular flexibility index (Phi) is 5.11. The number of anilines is 1. The minimum absolute atomic E-state index is 0.0207. The van der Waals surface area contributed by atoms with Crippen molar-refractivity contribution in [3.05, 3.63) is 11.8 Å². The Morgan fingerprint density at radius 3 is 3.10 bits per heavy atom. The van der Waals surface area contributed by atoms with Crippen LogP contribution in [0.2, 0.25) is 0 Å². The van der Waals surface area contributed by atoms with E-state index in [1.807, 2.05) is 18.7 Å². The van der Waals surface area contributed by atoms with Gasteiger partial charge in [-0.3, -0.25) is 15.0 Å². The average Bonchev–Trinajstić information content (AvgIpc) is 2.88. The fourth-order valence-corrected chi connectivity index (χ4v) is 2.05. The molecule has 7 nitrogen and oxygen atoms in total. The number of ether oxygens (including phenoxy) is 1. The number of carbonyl (C=O) groups is 1. The van der Waals surface area contributed by atoms with Crippen LogP contribution in [0.15, 0.2) is 10.6 Å². The Hall–Kier alpha value is -1.44. The maximum Gasteiger partial charge on any atom is 0.240 e. The van der Waals surface area contributed by atoms with Crippen molar-refractivity contribution < 1.29 is 19.2 Å². The zero-order chi connectivity index (χ0) is 14.5. The van der Waals surface area contributed by atoms with E-state index in [2.05, 4.69) is 10.5 Å². The molecule has 1 aliphatic heterocycles. The van der Waals surface area contributed by atoms with E-state index in [0.29, 0.717) is 25.6 Å². The number of nitrogens with one attached hydrogen (secondary N) is 1. The molecule has 2 N–H and O–H groups in total. The first kappa shape index (κ1) is 15.0. The van der Waals surface area contributed by atoms with Gasteiger partial charge in [-0.15, -0.1) is 0 Å². The van der Waals surface area contributed by atoms with E-state index < -0.39 is 0 Å². The molecule has 0 aliphatic carbocycles. The largest absolute Gasteiger partial charge is 0.395 e. The molecular weight excluding hydrogens is 262 g/mol. The summed E-state index contributed by atoms with van der Waals surface area (Å²) in [5, 5.41) is 15.8. The number of rotatable bonds is 5. The molecule has 2 heterocycles. The summed E-state index contributed by atoms with van der Waals surface area (Å²) in [6.45, 7) is 5.84. The Balaban J connectivity index is 1.87. The van der Waals surface area contributed by atoms with Gasteiger partial charge in [0.1, 0.15) is 0 Å². The van der Waals surface area contributed by atoms with Crippen LogP contribution in [0, 0.1) is 0 Å². The van der Waals surface area contributed by atoms with E-state index in [9.17, 15) is 9.90 Å². The van der Waals surface area contributed by atoms with Gasteiger partial charge < -0.3 is 14.4 Å². The molecule has 1 unspecified atom stereocenters. The zero-order valence-electron chi connectivity index (χ0n) is 11.8. The molecule has 0 spiro atoms. The summed E-state index contributed by atoms with van der Waals surface area (Å²) in [6.07, 6.45) is 0. The summed E-state index contributed by atoms with van der Waals surface area (Å²) in [6, 6.07) is 1.60. The standard InChI is InChI=1S/C13H21N3O4/c1-9(2)11-5-13(20-15-11)14-12(18)6-16-3-4-19-8-10(16)7-17/h5,9-10,17H,3-4,6-8H2,1-2H3,(H,14,18). The van der Waals surface area contributed by atoms with E-state index in [1.54, 1.807) is 6.07 Å². The van der Waals surface area contributed by atoms with Crippen LogP contribution in [0.5, 0.6) is 0 Å². The monoisotopic (exact) mass is 283 g/mol. The lowest BCUT2D eigenvalue weighted by molar-refractivity contribution is -0.120.